The molecule has 0 aromatic rings. The summed E-state index contributed by atoms with van der Waals surface area (Å²) in [7, 11) is 0. The normalized spacial score (nSPS) is 39.9. The third-order valence-electron chi connectivity index (χ3n) is 5.49. The quantitative estimate of drug-likeness (QED) is 0.697. The zero-order valence-electron chi connectivity index (χ0n) is 11.8. The van der Waals surface area contributed by atoms with Crippen LogP contribution in [0.25, 0.3) is 0 Å². The Morgan fingerprint density at radius 1 is 1.06 bits per heavy atom. The van der Waals surface area contributed by atoms with E-state index >= 15 is 0 Å². The Morgan fingerprint density at radius 2 is 1.56 bits per heavy atom. The van der Waals surface area contributed by atoms with Gasteiger partial charge in [-0.05, 0) is 50.9 Å². The van der Waals surface area contributed by atoms with Gasteiger partial charge in [0.1, 0.15) is 0 Å². The summed E-state index contributed by atoms with van der Waals surface area (Å²) in [6.45, 7) is 12.0. The van der Waals surface area contributed by atoms with Crippen LogP contribution in [0.4, 0.5) is 0 Å². The molecule has 0 saturated carbocycles. The molecule has 0 aromatic heterocycles. The van der Waals surface area contributed by atoms with Crippen LogP contribution in [-0.2, 0) is 0 Å². The Kier molecular flexibility index (Phi) is 3.36. The minimum absolute atomic E-state index is 0.650. The molecule has 0 N–H and O–H groups in total. The lowest BCUT2D eigenvalue weighted by atomic mass is 9.65. The zero-order chi connectivity index (χ0) is 11.9. The second-order valence-corrected chi connectivity index (χ2v) is 6.70. The van der Waals surface area contributed by atoms with Gasteiger partial charge in [0.25, 0.3) is 0 Å². The van der Waals surface area contributed by atoms with Gasteiger partial charge in [-0.25, -0.2) is 0 Å². The SMILES string of the molecule is CCC1(C(C)C)CC2CCC(C1)N2C(C)C. The number of hydrogen-bond acceptors (Lipinski definition) is 1. The minimum atomic E-state index is 0.650. The van der Waals surface area contributed by atoms with Crippen LogP contribution < -0.4 is 0 Å². The van der Waals surface area contributed by atoms with Gasteiger partial charge in [-0.3, -0.25) is 4.90 Å². The molecule has 0 aromatic carbocycles. The third-order valence-corrected chi connectivity index (χ3v) is 5.49. The molecule has 2 aliphatic heterocycles. The second kappa shape index (κ2) is 4.33. The number of piperidine rings is 1. The van der Waals surface area contributed by atoms with Crippen LogP contribution in [0, 0.1) is 11.3 Å². The lowest BCUT2D eigenvalue weighted by molar-refractivity contribution is -0.00814. The van der Waals surface area contributed by atoms with Crippen molar-refractivity contribution < 1.29 is 0 Å². The molecule has 2 unspecified atom stereocenters. The largest absolute Gasteiger partial charge is 0.295 e. The van der Waals surface area contributed by atoms with E-state index in [1.807, 2.05) is 0 Å². The first kappa shape index (κ1) is 12.4. The molecule has 2 saturated heterocycles. The molecule has 0 spiro atoms. The maximum Gasteiger partial charge on any atom is 0.0107 e. The van der Waals surface area contributed by atoms with Crippen LogP contribution in [0.15, 0.2) is 0 Å². The van der Waals surface area contributed by atoms with Crippen molar-refractivity contribution in [2.45, 2.75) is 84.8 Å². The van der Waals surface area contributed by atoms with Crippen molar-refractivity contribution >= 4 is 0 Å². The maximum atomic E-state index is 2.82. The van der Waals surface area contributed by atoms with E-state index in [-0.39, 0.29) is 0 Å². The topological polar surface area (TPSA) is 3.24 Å². The van der Waals surface area contributed by atoms with Crippen LogP contribution in [0.5, 0.6) is 0 Å². The molecule has 2 fully saturated rings. The van der Waals surface area contributed by atoms with E-state index in [4.69, 9.17) is 0 Å². The van der Waals surface area contributed by atoms with Crippen LogP contribution in [0.1, 0.15) is 66.7 Å². The fourth-order valence-electron chi connectivity index (χ4n) is 4.43. The lowest BCUT2D eigenvalue weighted by Crippen LogP contribution is -2.51. The second-order valence-electron chi connectivity index (χ2n) is 6.70. The summed E-state index contributed by atoms with van der Waals surface area (Å²) in [5, 5.41) is 0. The third kappa shape index (κ3) is 1.81. The maximum absolute atomic E-state index is 2.82. The molecular formula is C15H29N. The molecular weight excluding hydrogens is 194 g/mol. The Bertz CT molecular complexity index is 230. The number of fused-ring (bicyclic) bond motifs is 2. The van der Waals surface area contributed by atoms with E-state index in [1.54, 1.807) is 0 Å². The van der Waals surface area contributed by atoms with E-state index in [0.717, 1.165) is 24.0 Å². The highest BCUT2D eigenvalue weighted by molar-refractivity contribution is 5.02. The van der Waals surface area contributed by atoms with Crippen molar-refractivity contribution in [2.75, 3.05) is 0 Å². The van der Waals surface area contributed by atoms with E-state index in [2.05, 4.69) is 39.5 Å². The Labute approximate surface area is 102 Å². The first-order valence-corrected chi connectivity index (χ1v) is 7.27. The summed E-state index contributed by atoms with van der Waals surface area (Å²) in [5.74, 6) is 0.856. The lowest BCUT2D eigenvalue weighted by Gasteiger charge is -2.50. The molecule has 2 heterocycles. The molecule has 0 radical (unpaired) electrons. The van der Waals surface area contributed by atoms with Gasteiger partial charge >= 0.3 is 0 Å². The highest BCUT2D eigenvalue weighted by Gasteiger charge is 2.49. The number of nitrogens with zero attached hydrogens (tertiary/aromatic N) is 1. The average Bonchev–Trinajstić information content (AvgIpc) is 2.50. The Balaban J connectivity index is 2.17. The Morgan fingerprint density at radius 3 is 1.88 bits per heavy atom. The van der Waals surface area contributed by atoms with E-state index < -0.39 is 0 Å². The van der Waals surface area contributed by atoms with Crippen molar-refractivity contribution in [1.29, 1.82) is 0 Å². The predicted octanol–water partition coefficient (Wildman–Crippen LogP) is 4.07. The van der Waals surface area contributed by atoms with Crippen molar-refractivity contribution in [1.82, 2.24) is 4.90 Å². The smallest absolute Gasteiger partial charge is 0.0107 e. The fraction of sp³-hybridized carbons (Fsp3) is 1.00. The molecule has 1 nitrogen and oxygen atoms in total. The van der Waals surface area contributed by atoms with Crippen molar-refractivity contribution in [3.05, 3.63) is 0 Å². The van der Waals surface area contributed by atoms with Crippen LogP contribution >= 0.6 is 0 Å². The standard InChI is InChI=1S/C15H29N/c1-6-15(11(2)3)9-13-7-8-14(10-15)16(13)12(4)5/h11-14H,6-10H2,1-5H3. The summed E-state index contributed by atoms with van der Waals surface area (Å²) >= 11 is 0. The first-order valence-electron chi connectivity index (χ1n) is 7.27. The van der Waals surface area contributed by atoms with Crippen molar-refractivity contribution in [3.63, 3.8) is 0 Å². The van der Waals surface area contributed by atoms with E-state index in [0.29, 0.717) is 5.41 Å². The first-order chi connectivity index (χ1) is 7.50. The number of rotatable bonds is 3. The summed E-state index contributed by atoms with van der Waals surface area (Å²) in [5.41, 5.74) is 0.650. The van der Waals surface area contributed by atoms with Gasteiger partial charge < -0.3 is 0 Å². The average molecular weight is 223 g/mol. The van der Waals surface area contributed by atoms with Gasteiger partial charge in [0.15, 0.2) is 0 Å². The van der Waals surface area contributed by atoms with Gasteiger partial charge in [0.05, 0.1) is 0 Å². The molecule has 2 bridgehead atoms. The van der Waals surface area contributed by atoms with Crippen LogP contribution in [0.3, 0.4) is 0 Å². The van der Waals surface area contributed by atoms with Gasteiger partial charge in [-0.2, -0.15) is 0 Å². The van der Waals surface area contributed by atoms with Crippen LogP contribution in [0.2, 0.25) is 0 Å². The summed E-state index contributed by atoms with van der Waals surface area (Å²) in [6, 6.07) is 2.53. The summed E-state index contributed by atoms with van der Waals surface area (Å²) in [4.78, 5) is 2.82. The minimum Gasteiger partial charge on any atom is -0.295 e. The molecule has 2 rings (SSSR count). The van der Waals surface area contributed by atoms with Crippen LogP contribution in [-0.4, -0.2) is 23.0 Å². The van der Waals surface area contributed by atoms with Crippen molar-refractivity contribution in [3.8, 4) is 0 Å². The van der Waals surface area contributed by atoms with E-state index in [9.17, 15) is 0 Å². The van der Waals surface area contributed by atoms with Gasteiger partial charge in [0, 0.05) is 18.1 Å². The van der Waals surface area contributed by atoms with Gasteiger partial charge in [0.2, 0.25) is 0 Å². The molecule has 0 aliphatic carbocycles. The molecule has 1 heteroatoms. The molecule has 2 aliphatic rings. The highest BCUT2D eigenvalue weighted by atomic mass is 15.2. The molecule has 94 valence electrons. The monoisotopic (exact) mass is 223 g/mol. The number of hydrogen-bond donors (Lipinski definition) is 0. The van der Waals surface area contributed by atoms with E-state index in [1.165, 1.54) is 32.1 Å². The fourth-order valence-corrected chi connectivity index (χ4v) is 4.43. The van der Waals surface area contributed by atoms with Gasteiger partial charge in [-0.1, -0.05) is 27.2 Å². The summed E-state index contributed by atoms with van der Waals surface area (Å²) in [6.07, 6.45) is 7.20. The Hall–Kier alpha value is -0.0400. The molecule has 0 amide bonds. The van der Waals surface area contributed by atoms with Gasteiger partial charge in [-0.15, -0.1) is 0 Å². The van der Waals surface area contributed by atoms with Crippen molar-refractivity contribution in [2.24, 2.45) is 11.3 Å². The summed E-state index contributed by atoms with van der Waals surface area (Å²) < 4.78 is 0. The predicted molar refractivity (Wildman–Crippen MR) is 70.6 cm³/mol. The molecule has 2 atom stereocenters. The molecule has 16 heavy (non-hydrogen) atoms. The highest BCUT2D eigenvalue weighted by Crippen LogP contribution is 2.51. The zero-order valence-corrected chi connectivity index (χ0v) is 11.8.